The number of aliphatic hydroxyl groups excluding tert-OH is 2. The maximum atomic E-state index is 12.5. The number of fused-ring (bicyclic) bond motifs is 1. The summed E-state index contributed by atoms with van der Waals surface area (Å²) in [5.41, 5.74) is 2.20. The zero-order valence-electron chi connectivity index (χ0n) is 10.6. The number of aliphatic hydroxyl groups is 2. The Morgan fingerprint density at radius 3 is 2.63 bits per heavy atom. The number of nitrogens with zero attached hydrogens (tertiary/aromatic N) is 1. The summed E-state index contributed by atoms with van der Waals surface area (Å²) < 4.78 is 0. The molecule has 3 atom stereocenters. The van der Waals surface area contributed by atoms with Crippen molar-refractivity contribution in [1.82, 2.24) is 10.2 Å². The Morgan fingerprint density at radius 1 is 1.21 bits per heavy atom. The molecular formula is C14H18N2O3. The fraction of sp³-hybridized carbons (Fsp3) is 0.500. The second-order valence-corrected chi connectivity index (χ2v) is 5.21. The molecule has 102 valence electrons. The summed E-state index contributed by atoms with van der Waals surface area (Å²) in [5.74, 6) is -0.0669. The van der Waals surface area contributed by atoms with E-state index in [0.717, 1.165) is 18.5 Å². The van der Waals surface area contributed by atoms with Crippen molar-refractivity contribution >= 4 is 5.91 Å². The van der Waals surface area contributed by atoms with Gasteiger partial charge in [-0.15, -0.1) is 0 Å². The Labute approximate surface area is 111 Å². The Bertz CT molecular complexity index is 481. The molecule has 1 saturated heterocycles. The molecule has 0 saturated carbocycles. The lowest BCUT2D eigenvalue weighted by Crippen LogP contribution is -2.43. The maximum absolute atomic E-state index is 12.5. The summed E-state index contributed by atoms with van der Waals surface area (Å²) in [6.07, 6.45) is -0.740. The van der Waals surface area contributed by atoms with Crippen molar-refractivity contribution in [1.29, 1.82) is 0 Å². The van der Waals surface area contributed by atoms with Gasteiger partial charge >= 0.3 is 0 Å². The SMILES string of the molecule is O=C(C1NCCc2ccccc21)N1C[C@@H](O)[C@@H](O)C1. The summed E-state index contributed by atoms with van der Waals surface area (Å²) >= 11 is 0. The fourth-order valence-electron chi connectivity index (χ4n) is 2.86. The summed E-state index contributed by atoms with van der Waals surface area (Å²) in [5, 5.41) is 22.3. The number of β-amino-alcohol motifs (C(OH)–C–C–N with tert-alkyl or cyclic N) is 2. The lowest BCUT2D eigenvalue weighted by molar-refractivity contribution is -0.133. The molecule has 2 aliphatic rings. The van der Waals surface area contributed by atoms with E-state index in [2.05, 4.69) is 5.32 Å². The summed E-state index contributed by atoms with van der Waals surface area (Å²) in [6, 6.07) is 7.56. The predicted octanol–water partition coefficient (Wildman–Crippen LogP) is -0.563. The number of likely N-dealkylation sites (tertiary alicyclic amines) is 1. The molecule has 1 amide bonds. The first-order chi connectivity index (χ1) is 9.16. The van der Waals surface area contributed by atoms with Gasteiger partial charge in [0.15, 0.2) is 0 Å². The number of rotatable bonds is 1. The van der Waals surface area contributed by atoms with E-state index in [1.165, 1.54) is 10.5 Å². The average molecular weight is 262 g/mol. The number of carbonyl (C=O) groups is 1. The van der Waals surface area contributed by atoms with E-state index in [1.807, 2.05) is 24.3 Å². The van der Waals surface area contributed by atoms with Gasteiger partial charge in [-0.3, -0.25) is 4.79 Å². The van der Waals surface area contributed by atoms with Crippen LogP contribution in [0.4, 0.5) is 0 Å². The third-order valence-electron chi connectivity index (χ3n) is 3.93. The molecule has 19 heavy (non-hydrogen) atoms. The second-order valence-electron chi connectivity index (χ2n) is 5.21. The average Bonchev–Trinajstić information content (AvgIpc) is 2.77. The van der Waals surface area contributed by atoms with Crippen LogP contribution in [-0.2, 0) is 11.2 Å². The van der Waals surface area contributed by atoms with Crippen LogP contribution in [0, 0.1) is 0 Å². The molecule has 1 fully saturated rings. The lowest BCUT2D eigenvalue weighted by Gasteiger charge is -2.29. The van der Waals surface area contributed by atoms with Gasteiger partial charge in [0.05, 0.1) is 12.2 Å². The number of amides is 1. The highest BCUT2D eigenvalue weighted by molar-refractivity contribution is 5.84. The van der Waals surface area contributed by atoms with Crippen molar-refractivity contribution in [2.75, 3.05) is 19.6 Å². The van der Waals surface area contributed by atoms with E-state index in [1.54, 1.807) is 0 Å². The minimum absolute atomic E-state index is 0.0669. The Kier molecular flexibility index (Phi) is 3.26. The van der Waals surface area contributed by atoms with Crippen molar-refractivity contribution in [3.05, 3.63) is 35.4 Å². The van der Waals surface area contributed by atoms with Gasteiger partial charge < -0.3 is 20.4 Å². The number of nitrogens with one attached hydrogen (secondary N) is 1. The Balaban J connectivity index is 1.82. The topological polar surface area (TPSA) is 72.8 Å². The van der Waals surface area contributed by atoms with E-state index in [0.29, 0.717) is 0 Å². The highest BCUT2D eigenvalue weighted by Gasteiger charge is 2.37. The monoisotopic (exact) mass is 262 g/mol. The summed E-state index contributed by atoms with van der Waals surface area (Å²) in [6.45, 7) is 1.19. The quantitative estimate of drug-likeness (QED) is 0.634. The lowest BCUT2D eigenvalue weighted by atomic mass is 9.93. The van der Waals surface area contributed by atoms with Crippen LogP contribution >= 0.6 is 0 Å². The minimum atomic E-state index is -0.831. The van der Waals surface area contributed by atoms with E-state index in [9.17, 15) is 15.0 Å². The molecule has 2 aliphatic heterocycles. The van der Waals surface area contributed by atoms with Gasteiger partial charge in [-0.1, -0.05) is 24.3 Å². The molecule has 3 rings (SSSR count). The third-order valence-corrected chi connectivity index (χ3v) is 3.93. The highest BCUT2D eigenvalue weighted by atomic mass is 16.3. The Morgan fingerprint density at radius 2 is 1.89 bits per heavy atom. The van der Waals surface area contributed by atoms with E-state index in [-0.39, 0.29) is 25.0 Å². The zero-order chi connectivity index (χ0) is 13.4. The molecule has 0 aliphatic carbocycles. The van der Waals surface area contributed by atoms with Crippen LogP contribution in [-0.4, -0.2) is 52.9 Å². The fourth-order valence-corrected chi connectivity index (χ4v) is 2.86. The van der Waals surface area contributed by atoms with Gasteiger partial charge in [-0.05, 0) is 17.5 Å². The van der Waals surface area contributed by atoms with Gasteiger partial charge in [0.2, 0.25) is 5.91 Å². The van der Waals surface area contributed by atoms with E-state index in [4.69, 9.17) is 0 Å². The predicted molar refractivity (Wildman–Crippen MR) is 69.5 cm³/mol. The Hall–Kier alpha value is -1.43. The zero-order valence-corrected chi connectivity index (χ0v) is 10.6. The van der Waals surface area contributed by atoms with Gasteiger partial charge in [-0.25, -0.2) is 0 Å². The van der Waals surface area contributed by atoms with Crippen LogP contribution in [0.3, 0.4) is 0 Å². The molecule has 1 aromatic carbocycles. The molecule has 0 bridgehead atoms. The van der Waals surface area contributed by atoms with Crippen LogP contribution in [0.2, 0.25) is 0 Å². The van der Waals surface area contributed by atoms with Crippen LogP contribution in [0.5, 0.6) is 0 Å². The normalized spacial score (nSPS) is 30.2. The van der Waals surface area contributed by atoms with Crippen molar-refractivity contribution in [2.24, 2.45) is 0 Å². The molecular weight excluding hydrogens is 244 g/mol. The van der Waals surface area contributed by atoms with Crippen molar-refractivity contribution in [3.8, 4) is 0 Å². The largest absolute Gasteiger partial charge is 0.388 e. The molecule has 1 unspecified atom stereocenters. The molecule has 5 heteroatoms. The van der Waals surface area contributed by atoms with Gasteiger partial charge in [-0.2, -0.15) is 0 Å². The molecule has 0 radical (unpaired) electrons. The molecule has 2 heterocycles. The molecule has 3 N–H and O–H groups in total. The molecule has 0 spiro atoms. The third kappa shape index (κ3) is 2.25. The molecule has 1 aromatic rings. The number of benzene rings is 1. The summed E-state index contributed by atoms with van der Waals surface area (Å²) in [4.78, 5) is 14.0. The molecule has 5 nitrogen and oxygen atoms in total. The number of hydrogen-bond acceptors (Lipinski definition) is 4. The first-order valence-electron chi connectivity index (χ1n) is 6.63. The van der Waals surface area contributed by atoms with E-state index >= 15 is 0 Å². The van der Waals surface area contributed by atoms with Crippen molar-refractivity contribution in [3.63, 3.8) is 0 Å². The van der Waals surface area contributed by atoms with Crippen LogP contribution in [0.15, 0.2) is 24.3 Å². The van der Waals surface area contributed by atoms with Crippen molar-refractivity contribution < 1.29 is 15.0 Å². The van der Waals surface area contributed by atoms with Gasteiger partial charge in [0, 0.05) is 19.6 Å². The first kappa shape index (κ1) is 12.6. The van der Waals surface area contributed by atoms with Crippen LogP contribution in [0.25, 0.3) is 0 Å². The smallest absolute Gasteiger partial charge is 0.244 e. The first-order valence-corrected chi connectivity index (χ1v) is 6.63. The van der Waals surface area contributed by atoms with E-state index < -0.39 is 12.2 Å². The number of carbonyl (C=O) groups excluding carboxylic acids is 1. The molecule has 0 aromatic heterocycles. The van der Waals surface area contributed by atoms with Gasteiger partial charge in [0.1, 0.15) is 6.04 Å². The standard InChI is InChI=1S/C14H18N2O3/c17-11-7-16(8-12(11)18)14(19)13-10-4-2-1-3-9(10)5-6-15-13/h1-4,11-13,15,17-18H,5-8H2/t11-,12+,13?. The van der Waals surface area contributed by atoms with Crippen molar-refractivity contribution in [2.45, 2.75) is 24.7 Å². The number of hydrogen-bond donors (Lipinski definition) is 3. The minimum Gasteiger partial charge on any atom is -0.388 e. The maximum Gasteiger partial charge on any atom is 0.244 e. The van der Waals surface area contributed by atoms with Crippen LogP contribution < -0.4 is 5.32 Å². The summed E-state index contributed by atoms with van der Waals surface area (Å²) in [7, 11) is 0. The van der Waals surface area contributed by atoms with Gasteiger partial charge in [0.25, 0.3) is 0 Å². The second kappa shape index (κ2) is 4.92. The highest BCUT2D eigenvalue weighted by Crippen LogP contribution is 2.25. The van der Waals surface area contributed by atoms with Crippen LogP contribution in [0.1, 0.15) is 17.2 Å².